The van der Waals surface area contributed by atoms with Crippen LogP contribution in [0, 0.1) is 11.6 Å². The molecule has 1 fully saturated rings. The minimum Gasteiger partial charge on any atom is -0.366 e. The van der Waals surface area contributed by atoms with E-state index in [0.29, 0.717) is 24.0 Å². The molecule has 1 aromatic carbocycles. The Kier molecular flexibility index (Phi) is 3.28. The Labute approximate surface area is 131 Å². The average Bonchev–Trinajstić information content (AvgIpc) is 3.06. The molecule has 0 amide bonds. The first-order chi connectivity index (χ1) is 11.1. The van der Waals surface area contributed by atoms with Crippen molar-refractivity contribution in [2.45, 2.75) is 32.0 Å². The maximum absolute atomic E-state index is 13.2. The van der Waals surface area contributed by atoms with E-state index in [2.05, 4.69) is 15.2 Å². The molecule has 120 valence electrons. The minimum absolute atomic E-state index is 0.202. The highest BCUT2D eigenvalue weighted by Crippen LogP contribution is 2.32. The lowest BCUT2D eigenvalue weighted by Gasteiger charge is -2.17. The van der Waals surface area contributed by atoms with E-state index >= 15 is 0 Å². The van der Waals surface area contributed by atoms with E-state index in [9.17, 15) is 13.6 Å². The first kappa shape index (κ1) is 14.2. The second kappa shape index (κ2) is 5.33. The summed E-state index contributed by atoms with van der Waals surface area (Å²) >= 11 is 0. The zero-order valence-corrected chi connectivity index (χ0v) is 12.4. The zero-order chi connectivity index (χ0) is 16.0. The van der Waals surface area contributed by atoms with Gasteiger partial charge in [0.05, 0.1) is 0 Å². The van der Waals surface area contributed by atoms with Gasteiger partial charge in [-0.05, 0) is 30.5 Å². The number of anilines is 2. The largest absolute Gasteiger partial charge is 0.366 e. The number of hydrogen-bond acceptors (Lipinski definition) is 4. The third-order valence-corrected chi connectivity index (χ3v) is 4.45. The van der Waals surface area contributed by atoms with Gasteiger partial charge in [-0.15, -0.1) is 0 Å². The lowest BCUT2D eigenvalue weighted by atomic mass is 10.2. The molecular weight excluding hydrogens is 302 g/mol. The Morgan fingerprint density at radius 1 is 1.22 bits per heavy atom. The molecular formula is C16H16F2N4O. The van der Waals surface area contributed by atoms with Crippen molar-refractivity contribution >= 4 is 11.6 Å². The van der Waals surface area contributed by atoms with Gasteiger partial charge in [0.25, 0.3) is 0 Å². The molecule has 1 aromatic heterocycles. The normalized spacial score (nSPS) is 18.9. The van der Waals surface area contributed by atoms with Crippen LogP contribution in [0.5, 0.6) is 0 Å². The molecule has 0 aliphatic carbocycles. The van der Waals surface area contributed by atoms with Crippen molar-refractivity contribution in [2.24, 2.45) is 0 Å². The van der Waals surface area contributed by atoms with Crippen LogP contribution in [-0.2, 0) is 13.1 Å². The predicted molar refractivity (Wildman–Crippen MR) is 82.5 cm³/mol. The summed E-state index contributed by atoms with van der Waals surface area (Å²) in [5.74, 6) is 0.0614. The van der Waals surface area contributed by atoms with Crippen LogP contribution >= 0.6 is 0 Å². The lowest BCUT2D eigenvalue weighted by Crippen LogP contribution is -2.24. The van der Waals surface area contributed by atoms with Crippen molar-refractivity contribution in [3.63, 3.8) is 0 Å². The third-order valence-electron chi connectivity index (χ3n) is 4.45. The number of benzene rings is 1. The molecule has 1 N–H and O–H groups in total. The molecule has 2 aliphatic heterocycles. The molecule has 5 nitrogen and oxygen atoms in total. The number of nitrogens with one attached hydrogen (secondary N) is 1. The van der Waals surface area contributed by atoms with Gasteiger partial charge >= 0.3 is 5.69 Å². The highest BCUT2D eigenvalue weighted by molar-refractivity contribution is 5.53. The van der Waals surface area contributed by atoms with Gasteiger partial charge in [0.2, 0.25) is 0 Å². The summed E-state index contributed by atoms with van der Waals surface area (Å²) in [7, 11) is 0. The molecule has 0 radical (unpaired) electrons. The summed E-state index contributed by atoms with van der Waals surface area (Å²) in [6.45, 7) is 1.84. The molecule has 0 saturated carbocycles. The molecule has 7 heteroatoms. The molecule has 1 saturated heterocycles. The van der Waals surface area contributed by atoms with Crippen molar-refractivity contribution in [1.29, 1.82) is 0 Å². The van der Waals surface area contributed by atoms with E-state index in [1.807, 2.05) is 6.07 Å². The highest BCUT2D eigenvalue weighted by Gasteiger charge is 2.34. The van der Waals surface area contributed by atoms with Crippen LogP contribution in [0.25, 0.3) is 0 Å². The SMILES string of the molecule is O=c1nc(NCc2cc(F)cc(F)c2)cc2n1CC1CCCN21. The van der Waals surface area contributed by atoms with Crippen molar-refractivity contribution in [3.8, 4) is 0 Å². The van der Waals surface area contributed by atoms with Gasteiger partial charge in [-0.2, -0.15) is 4.98 Å². The van der Waals surface area contributed by atoms with Crippen LogP contribution in [-0.4, -0.2) is 22.1 Å². The Hall–Kier alpha value is -2.44. The number of hydrogen-bond donors (Lipinski definition) is 1. The maximum atomic E-state index is 13.2. The smallest absolute Gasteiger partial charge is 0.351 e. The van der Waals surface area contributed by atoms with Crippen LogP contribution in [0.4, 0.5) is 20.4 Å². The number of rotatable bonds is 3. The number of aromatic nitrogens is 2. The molecule has 0 bridgehead atoms. The van der Waals surface area contributed by atoms with Crippen LogP contribution in [0.15, 0.2) is 29.1 Å². The molecule has 1 unspecified atom stereocenters. The Morgan fingerprint density at radius 3 is 2.78 bits per heavy atom. The third kappa shape index (κ3) is 2.56. The Morgan fingerprint density at radius 2 is 2.00 bits per heavy atom. The molecule has 3 heterocycles. The predicted octanol–water partition coefficient (Wildman–Crippen LogP) is 2.12. The van der Waals surface area contributed by atoms with Crippen molar-refractivity contribution < 1.29 is 8.78 Å². The monoisotopic (exact) mass is 318 g/mol. The molecule has 23 heavy (non-hydrogen) atoms. The summed E-state index contributed by atoms with van der Waals surface area (Å²) in [6, 6.07) is 5.57. The van der Waals surface area contributed by atoms with E-state index in [1.54, 1.807) is 4.57 Å². The van der Waals surface area contributed by atoms with Crippen LogP contribution < -0.4 is 15.9 Å². The molecule has 2 aliphatic rings. The van der Waals surface area contributed by atoms with Crippen molar-refractivity contribution in [2.75, 3.05) is 16.8 Å². The number of nitrogens with zero attached hydrogens (tertiary/aromatic N) is 3. The summed E-state index contributed by atoms with van der Waals surface area (Å²) in [6.07, 6.45) is 2.22. The summed E-state index contributed by atoms with van der Waals surface area (Å²) in [5, 5.41) is 2.98. The van der Waals surface area contributed by atoms with E-state index in [0.717, 1.165) is 31.3 Å². The standard InChI is InChI=1S/C16H16F2N4O/c17-11-4-10(5-12(18)6-11)8-19-14-7-15-21-3-1-2-13(21)9-22(15)16(23)20-14/h4-7,13H,1-3,8-9H2,(H,19,20,23). The summed E-state index contributed by atoms with van der Waals surface area (Å²) in [4.78, 5) is 18.4. The van der Waals surface area contributed by atoms with Gasteiger partial charge < -0.3 is 10.2 Å². The van der Waals surface area contributed by atoms with Gasteiger partial charge in [-0.3, -0.25) is 4.57 Å². The van der Waals surface area contributed by atoms with Gasteiger partial charge in [-0.25, -0.2) is 13.6 Å². The second-order valence-corrected chi connectivity index (χ2v) is 6.01. The van der Waals surface area contributed by atoms with E-state index in [-0.39, 0.29) is 12.2 Å². The fourth-order valence-electron chi connectivity index (χ4n) is 3.44. The number of fused-ring (bicyclic) bond motifs is 3. The van der Waals surface area contributed by atoms with E-state index in [4.69, 9.17) is 0 Å². The maximum Gasteiger partial charge on any atom is 0.351 e. The van der Waals surface area contributed by atoms with E-state index < -0.39 is 11.6 Å². The van der Waals surface area contributed by atoms with Crippen molar-refractivity contribution in [1.82, 2.24) is 9.55 Å². The van der Waals surface area contributed by atoms with Gasteiger partial charge in [-0.1, -0.05) is 0 Å². The second-order valence-electron chi connectivity index (χ2n) is 6.01. The van der Waals surface area contributed by atoms with E-state index in [1.165, 1.54) is 12.1 Å². The first-order valence-electron chi connectivity index (χ1n) is 7.67. The summed E-state index contributed by atoms with van der Waals surface area (Å²) < 4.78 is 28.1. The van der Waals surface area contributed by atoms with Gasteiger partial charge in [0.15, 0.2) is 0 Å². The van der Waals surface area contributed by atoms with Crippen LogP contribution in [0.1, 0.15) is 18.4 Å². The van der Waals surface area contributed by atoms with Crippen molar-refractivity contribution in [3.05, 3.63) is 51.9 Å². The Balaban J connectivity index is 1.57. The average molecular weight is 318 g/mol. The topological polar surface area (TPSA) is 50.2 Å². The van der Waals surface area contributed by atoms with Gasteiger partial charge in [0.1, 0.15) is 23.3 Å². The zero-order valence-electron chi connectivity index (χ0n) is 12.4. The quantitative estimate of drug-likeness (QED) is 0.942. The molecule has 0 spiro atoms. The minimum atomic E-state index is -0.622. The number of halogens is 2. The lowest BCUT2D eigenvalue weighted by molar-refractivity contribution is 0.580. The fourth-order valence-corrected chi connectivity index (χ4v) is 3.44. The molecule has 2 aromatic rings. The highest BCUT2D eigenvalue weighted by atomic mass is 19.1. The summed E-state index contributed by atoms with van der Waals surface area (Å²) in [5.41, 5.74) is 0.175. The van der Waals surface area contributed by atoms with Crippen LogP contribution in [0.2, 0.25) is 0 Å². The fraction of sp³-hybridized carbons (Fsp3) is 0.375. The first-order valence-corrected chi connectivity index (χ1v) is 7.67. The van der Waals surface area contributed by atoms with Gasteiger partial charge in [0, 0.05) is 37.8 Å². The molecule has 1 atom stereocenters. The Bertz CT molecular complexity index is 800. The molecule has 4 rings (SSSR count). The van der Waals surface area contributed by atoms with Crippen LogP contribution in [0.3, 0.4) is 0 Å².